The van der Waals surface area contributed by atoms with E-state index in [2.05, 4.69) is 10.0 Å². The van der Waals surface area contributed by atoms with Crippen LogP contribution in [0.1, 0.15) is 18.7 Å². The maximum absolute atomic E-state index is 11.6. The van der Waals surface area contributed by atoms with E-state index in [0.29, 0.717) is 25.6 Å². The van der Waals surface area contributed by atoms with Gasteiger partial charge in [-0.05, 0) is 18.6 Å². The highest BCUT2D eigenvalue weighted by molar-refractivity contribution is 7.89. The summed E-state index contributed by atoms with van der Waals surface area (Å²) in [5.41, 5.74) is 0. The molecule has 0 amide bonds. The first-order chi connectivity index (χ1) is 8.39. The molecule has 4 nitrogen and oxygen atoms in total. The van der Waals surface area contributed by atoms with Crippen molar-refractivity contribution < 1.29 is 8.42 Å². The fourth-order valence-corrected chi connectivity index (χ4v) is 3.40. The van der Waals surface area contributed by atoms with Gasteiger partial charge in [-0.25, -0.2) is 13.1 Å². The maximum Gasteiger partial charge on any atom is 0.212 e. The van der Waals surface area contributed by atoms with Crippen molar-refractivity contribution in [3.8, 4) is 0 Å². The molecule has 104 valence electrons. The van der Waals surface area contributed by atoms with Crippen molar-refractivity contribution in [2.45, 2.75) is 26.3 Å². The molecule has 1 aromatic rings. The number of hydrogen-bond acceptors (Lipinski definition) is 4. The van der Waals surface area contributed by atoms with Crippen molar-refractivity contribution in [1.82, 2.24) is 10.0 Å². The van der Waals surface area contributed by atoms with Gasteiger partial charge in [-0.1, -0.05) is 25.4 Å². The summed E-state index contributed by atoms with van der Waals surface area (Å²) in [6.07, 6.45) is 0.675. The molecular weight excluding hydrogens is 292 g/mol. The Morgan fingerprint density at radius 2 is 2.06 bits per heavy atom. The molecule has 18 heavy (non-hydrogen) atoms. The number of rotatable bonds is 8. The highest BCUT2D eigenvalue weighted by atomic mass is 35.5. The summed E-state index contributed by atoms with van der Waals surface area (Å²) in [6.45, 7) is 4.86. The molecule has 0 aliphatic rings. The van der Waals surface area contributed by atoms with Gasteiger partial charge in [-0.3, -0.25) is 0 Å². The van der Waals surface area contributed by atoms with E-state index in [-0.39, 0.29) is 5.75 Å². The summed E-state index contributed by atoms with van der Waals surface area (Å²) in [7, 11) is -3.18. The highest BCUT2D eigenvalue weighted by Crippen LogP contribution is 2.21. The Bertz CT molecular complexity index is 457. The van der Waals surface area contributed by atoms with Crippen LogP contribution < -0.4 is 10.0 Å². The van der Waals surface area contributed by atoms with Crippen LogP contribution in [0.2, 0.25) is 4.34 Å². The third kappa shape index (κ3) is 6.70. The molecule has 0 aromatic carbocycles. The lowest BCUT2D eigenvalue weighted by Crippen LogP contribution is -2.35. The molecule has 0 fully saturated rings. The van der Waals surface area contributed by atoms with Gasteiger partial charge in [0, 0.05) is 24.0 Å². The van der Waals surface area contributed by atoms with Crippen LogP contribution in [0.3, 0.4) is 0 Å². The van der Waals surface area contributed by atoms with Crippen molar-refractivity contribution in [2.75, 3.05) is 18.8 Å². The summed E-state index contributed by atoms with van der Waals surface area (Å²) >= 11 is 7.28. The van der Waals surface area contributed by atoms with E-state index in [1.807, 2.05) is 26.0 Å². The molecule has 7 heteroatoms. The summed E-state index contributed by atoms with van der Waals surface area (Å²) in [6, 6.07) is 4.04. The van der Waals surface area contributed by atoms with Gasteiger partial charge in [-0.2, -0.15) is 0 Å². The third-order valence-corrected chi connectivity index (χ3v) is 4.92. The Balaban J connectivity index is 2.25. The van der Waals surface area contributed by atoms with Crippen molar-refractivity contribution >= 4 is 33.0 Å². The van der Waals surface area contributed by atoms with Crippen molar-refractivity contribution in [2.24, 2.45) is 0 Å². The predicted octanol–water partition coefficient (Wildman–Crippen LogP) is 1.86. The van der Waals surface area contributed by atoms with E-state index < -0.39 is 10.0 Å². The Morgan fingerprint density at radius 1 is 1.33 bits per heavy atom. The van der Waals surface area contributed by atoms with Gasteiger partial charge in [-0.15, -0.1) is 11.3 Å². The van der Waals surface area contributed by atoms with Crippen LogP contribution in [0.5, 0.6) is 0 Å². The van der Waals surface area contributed by atoms with Gasteiger partial charge < -0.3 is 5.32 Å². The van der Waals surface area contributed by atoms with E-state index in [4.69, 9.17) is 11.6 Å². The van der Waals surface area contributed by atoms with Gasteiger partial charge >= 0.3 is 0 Å². The van der Waals surface area contributed by atoms with Gasteiger partial charge in [0.15, 0.2) is 0 Å². The minimum Gasteiger partial charge on any atom is -0.313 e. The topological polar surface area (TPSA) is 58.2 Å². The Labute approximate surface area is 118 Å². The molecule has 1 heterocycles. The van der Waals surface area contributed by atoms with Gasteiger partial charge in [0.05, 0.1) is 10.1 Å². The first-order valence-electron chi connectivity index (χ1n) is 5.84. The van der Waals surface area contributed by atoms with Crippen LogP contribution in [0.25, 0.3) is 0 Å². The van der Waals surface area contributed by atoms with E-state index in [1.54, 1.807) is 0 Å². The lowest BCUT2D eigenvalue weighted by Gasteiger charge is -2.09. The number of thiophene rings is 1. The lowest BCUT2D eigenvalue weighted by molar-refractivity contribution is 0.567. The molecule has 0 saturated heterocycles. The standard InChI is InChI=1S/C11H19ClN2O2S2/c1-9(2)13-7-8-18(15,16)14-6-5-10-3-4-11(12)17-10/h3-4,9,13-14H,5-8H2,1-2H3. The molecule has 0 unspecified atom stereocenters. The zero-order valence-electron chi connectivity index (χ0n) is 10.6. The molecule has 0 saturated carbocycles. The fourth-order valence-electron chi connectivity index (χ4n) is 1.37. The first-order valence-corrected chi connectivity index (χ1v) is 8.68. The van der Waals surface area contributed by atoms with Crippen molar-refractivity contribution in [3.63, 3.8) is 0 Å². The molecule has 1 aromatic heterocycles. The molecule has 0 spiro atoms. The second-order valence-electron chi connectivity index (χ2n) is 4.28. The summed E-state index contributed by atoms with van der Waals surface area (Å²) < 4.78 is 26.6. The van der Waals surface area contributed by atoms with Crippen LogP contribution in [0, 0.1) is 0 Å². The van der Waals surface area contributed by atoms with Crippen LogP contribution in [-0.2, 0) is 16.4 Å². The largest absolute Gasteiger partial charge is 0.313 e. The average Bonchev–Trinajstić information content (AvgIpc) is 2.63. The number of nitrogens with one attached hydrogen (secondary N) is 2. The zero-order chi connectivity index (χ0) is 13.6. The number of sulfonamides is 1. The van der Waals surface area contributed by atoms with Gasteiger partial charge in [0.1, 0.15) is 0 Å². The summed E-state index contributed by atoms with van der Waals surface area (Å²) in [5, 5.41) is 3.08. The Kier molecular flexibility index (Phi) is 6.59. The number of hydrogen-bond donors (Lipinski definition) is 2. The normalized spacial score (nSPS) is 12.2. The van der Waals surface area contributed by atoms with Crippen molar-refractivity contribution in [1.29, 1.82) is 0 Å². The second-order valence-corrected chi connectivity index (χ2v) is 8.00. The number of halogens is 1. The zero-order valence-corrected chi connectivity index (χ0v) is 13.0. The van der Waals surface area contributed by atoms with Crippen molar-refractivity contribution in [3.05, 3.63) is 21.3 Å². The fraction of sp³-hybridized carbons (Fsp3) is 0.636. The average molecular weight is 311 g/mol. The smallest absolute Gasteiger partial charge is 0.212 e. The quantitative estimate of drug-likeness (QED) is 0.770. The van der Waals surface area contributed by atoms with Crippen LogP contribution in [-0.4, -0.2) is 33.3 Å². The van der Waals surface area contributed by atoms with Gasteiger partial charge in [0.25, 0.3) is 0 Å². The highest BCUT2D eigenvalue weighted by Gasteiger charge is 2.09. The minimum atomic E-state index is -3.18. The van der Waals surface area contributed by atoms with Crippen LogP contribution in [0.4, 0.5) is 0 Å². The molecule has 1 rings (SSSR count). The van der Waals surface area contributed by atoms with Crippen LogP contribution >= 0.6 is 22.9 Å². The molecule has 0 aliphatic heterocycles. The lowest BCUT2D eigenvalue weighted by atomic mass is 10.3. The maximum atomic E-state index is 11.6. The Hall–Kier alpha value is -0.140. The first kappa shape index (κ1) is 15.9. The molecule has 0 radical (unpaired) electrons. The monoisotopic (exact) mass is 310 g/mol. The van der Waals surface area contributed by atoms with E-state index in [0.717, 1.165) is 9.21 Å². The van der Waals surface area contributed by atoms with Gasteiger partial charge in [0.2, 0.25) is 10.0 Å². The van der Waals surface area contributed by atoms with E-state index in [1.165, 1.54) is 11.3 Å². The van der Waals surface area contributed by atoms with E-state index in [9.17, 15) is 8.42 Å². The molecule has 0 bridgehead atoms. The third-order valence-electron chi connectivity index (χ3n) is 2.25. The summed E-state index contributed by atoms with van der Waals surface area (Å²) in [4.78, 5) is 1.09. The molecule has 0 atom stereocenters. The van der Waals surface area contributed by atoms with Crippen LogP contribution in [0.15, 0.2) is 12.1 Å². The molecule has 2 N–H and O–H groups in total. The molecule has 0 aliphatic carbocycles. The molecular formula is C11H19ClN2O2S2. The SMILES string of the molecule is CC(C)NCCS(=O)(=O)NCCc1ccc(Cl)s1. The second kappa shape index (κ2) is 7.45. The van der Waals surface area contributed by atoms with E-state index >= 15 is 0 Å². The predicted molar refractivity (Wildman–Crippen MR) is 78.0 cm³/mol. The minimum absolute atomic E-state index is 0.108. The Morgan fingerprint density at radius 3 is 2.61 bits per heavy atom. The summed E-state index contributed by atoms with van der Waals surface area (Å²) in [5.74, 6) is 0.108.